The molecule has 1 N–H and O–H groups in total. The van der Waals surface area contributed by atoms with Crippen molar-refractivity contribution in [3.8, 4) is 0 Å². The highest BCUT2D eigenvalue weighted by atomic mass is 19.1. The number of hydrogen-bond donors (Lipinski definition) is 1. The Hall–Kier alpha value is -0.960. The van der Waals surface area contributed by atoms with Crippen LogP contribution < -0.4 is 0 Å². The molecule has 0 aliphatic carbocycles. The summed E-state index contributed by atoms with van der Waals surface area (Å²) in [5.41, 5.74) is 0.514. The minimum absolute atomic E-state index is 0.0795. The maximum Gasteiger partial charge on any atom is 0.132 e. The van der Waals surface area contributed by atoms with Crippen molar-refractivity contribution in [1.82, 2.24) is 0 Å². The topological polar surface area (TPSA) is 20.2 Å². The van der Waals surface area contributed by atoms with E-state index in [4.69, 9.17) is 0 Å². The van der Waals surface area contributed by atoms with E-state index in [1.807, 2.05) is 0 Å². The first-order valence-corrected chi connectivity index (χ1v) is 5.06. The van der Waals surface area contributed by atoms with E-state index >= 15 is 0 Å². The third-order valence-corrected chi connectivity index (χ3v) is 2.51. The second-order valence-corrected chi connectivity index (χ2v) is 4.08. The molecule has 1 rings (SSSR count). The molecule has 15 heavy (non-hydrogen) atoms. The zero-order valence-corrected chi connectivity index (χ0v) is 9.22. The van der Waals surface area contributed by atoms with E-state index in [9.17, 15) is 13.9 Å². The van der Waals surface area contributed by atoms with Gasteiger partial charge in [-0.3, -0.25) is 0 Å². The summed E-state index contributed by atoms with van der Waals surface area (Å²) in [5.74, 6) is -1.35. The Morgan fingerprint density at radius 2 is 1.87 bits per heavy atom. The lowest BCUT2D eigenvalue weighted by molar-refractivity contribution is 0.175. The van der Waals surface area contributed by atoms with Gasteiger partial charge in [-0.1, -0.05) is 13.0 Å². The molecular weight excluding hydrogens is 198 g/mol. The molecule has 1 aromatic carbocycles. The molecule has 0 aromatic heterocycles. The van der Waals surface area contributed by atoms with Crippen LogP contribution in [0.25, 0.3) is 0 Å². The molecular formula is C12H16F2O. The van der Waals surface area contributed by atoms with E-state index in [1.165, 1.54) is 12.1 Å². The summed E-state index contributed by atoms with van der Waals surface area (Å²) < 4.78 is 27.1. The van der Waals surface area contributed by atoms with Gasteiger partial charge in [-0.25, -0.2) is 8.78 Å². The number of aliphatic hydroxyl groups is 1. The van der Waals surface area contributed by atoms with Crippen LogP contribution in [0.3, 0.4) is 0 Å². The lowest BCUT2D eigenvalue weighted by Gasteiger charge is -2.16. The molecule has 0 fully saturated rings. The molecule has 2 unspecified atom stereocenters. The van der Waals surface area contributed by atoms with Crippen LogP contribution in [0.15, 0.2) is 12.1 Å². The van der Waals surface area contributed by atoms with Gasteiger partial charge in [0.05, 0.1) is 6.10 Å². The SMILES string of the molecule is Cc1ccc(F)c(C(C)CC(C)O)c1F. The molecule has 3 heteroatoms. The fourth-order valence-corrected chi connectivity index (χ4v) is 1.76. The zero-order chi connectivity index (χ0) is 11.6. The number of benzene rings is 1. The highest BCUT2D eigenvalue weighted by Crippen LogP contribution is 2.27. The summed E-state index contributed by atoms with van der Waals surface area (Å²) in [6.07, 6.45) is -0.198. The summed E-state index contributed by atoms with van der Waals surface area (Å²) >= 11 is 0. The van der Waals surface area contributed by atoms with Crippen LogP contribution in [-0.2, 0) is 0 Å². The average molecular weight is 214 g/mol. The lowest BCUT2D eigenvalue weighted by atomic mass is 9.93. The van der Waals surface area contributed by atoms with Crippen molar-refractivity contribution in [2.24, 2.45) is 0 Å². The summed E-state index contributed by atoms with van der Waals surface area (Å²) in [7, 11) is 0. The van der Waals surface area contributed by atoms with Gasteiger partial charge in [0.1, 0.15) is 11.6 Å². The molecule has 0 aliphatic heterocycles. The maximum atomic E-state index is 13.6. The van der Waals surface area contributed by atoms with E-state index in [-0.39, 0.29) is 11.5 Å². The summed E-state index contributed by atoms with van der Waals surface area (Å²) in [5, 5.41) is 9.19. The number of hydrogen-bond acceptors (Lipinski definition) is 1. The fraction of sp³-hybridized carbons (Fsp3) is 0.500. The monoisotopic (exact) mass is 214 g/mol. The standard InChI is InChI=1S/C12H16F2O/c1-7-4-5-10(13)11(12(7)14)8(2)6-9(3)15/h4-5,8-9,15H,6H2,1-3H3. The van der Waals surface area contributed by atoms with Crippen molar-refractivity contribution in [2.75, 3.05) is 0 Å². The van der Waals surface area contributed by atoms with Gasteiger partial charge in [0.15, 0.2) is 0 Å². The van der Waals surface area contributed by atoms with E-state index in [0.29, 0.717) is 12.0 Å². The minimum atomic E-state index is -0.556. The Bertz CT molecular complexity index is 348. The second kappa shape index (κ2) is 4.71. The number of rotatable bonds is 3. The van der Waals surface area contributed by atoms with Crippen LogP contribution in [0.4, 0.5) is 8.78 Å². The molecule has 0 aliphatic rings. The van der Waals surface area contributed by atoms with Crippen molar-refractivity contribution < 1.29 is 13.9 Å². The van der Waals surface area contributed by atoms with Crippen LogP contribution in [0.1, 0.15) is 37.3 Å². The summed E-state index contributed by atoms with van der Waals surface area (Å²) in [4.78, 5) is 0. The predicted molar refractivity (Wildman–Crippen MR) is 55.8 cm³/mol. The van der Waals surface area contributed by atoms with Gasteiger partial charge in [-0.2, -0.15) is 0 Å². The molecule has 0 radical (unpaired) electrons. The maximum absolute atomic E-state index is 13.6. The molecule has 0 saturated heterocycles. The predicted octanol–water partition coefficient (Wildman–Crippen LogP) is 3.15. The van der Waals surface area contributed by atoms with Gasteiger partial charge in [0.2, 0.25) is 0 Å². The van der Waals surface area contributed by atoms with Crippen molar-refractivity contribution in [3.05, 3.63) is 34.9 Å². The average Bonchev–Trinajstić information content (AvgIpc) is 2.11. The number of aryl methyl sites for hydroxylation is 1. The largest absolute Gasteiger partial charge is 0.393 e. The van der Waals surface area contributed by atoms with E-state index in [0.717, 1.165) is 0 Å². The molecule has 84 valence electrons. The molecule has 0 saturated carbocycles. The Labute approximate surface area is 88.7 Å². The summed E-state index contributed by atoms with van der Waals surface area (Å²) in [6.45, 7) is 4.93. The van der Waals surface area contributed by atoms with E-state index in [2.05, 4.69) is 0 Å². The molecule has 0 spiro atoms. The molecule has 2 atom stereocenters. The van der Waals surface area contributed by atoms with Crippen LogP contribution in [0.5, 0.6) is 0 Å². The van der Waals surface area contributed by atoms with E-state index < -0.39 is 17.7 Å². The van der Waals surface area contributed by atoms with Crippen LogP contribution in [0, 0.1) is 18.6 Å². The van der Waals surface area contributed by atoms with Gasteiger partial charge in [-0.05, 0) is 37.8 Å². The zero-order valence-electron chi connectivity index (χ0n) is 9.22. The minimum Gasteiger partial charge on any atom is -0.393 e. The first kappa shape index (κ1) is 12.1. The van der Waals surface area contributed by atoms with Crippen molar-refractivity contribution >= 4 is 0 Å². The Kier molecular flexibility index (Phi) is 3.80. The third kappa shape index (κ3) is 2.75. The fourth-order valence-electron chi connectivity index (χ4n) is 1.76. The van der Waals surface area contributed by atoms with Gasteiger partial charge < -0.3 is 5.11 Å². The first-order valence-electron chi connectivity index (χ1n) is 5.06. The summed E-state index contributed by atoms with van der Waals surface area (Å²) in [6, 6.07) is 2.69. The molecule has 1 nitrogen and oxygen atoms in total. The van der Waals surface area contributed by atoms with Crippen molar-refractivity contribution in [2.45, 2.75) is 39.2 Å². The smallest absolute Gasteiger partial charge is 0.132 e. The second-order valence-electron chi connectivity index (χ2n) is 4.08. The van der Waals surface area contributed by atoms with Crippen molar-refractivity contribution in [3.63, 3.8) is 0 Å². The third-order valence-electron chi connectivity index (χ3n) is 2.51. The molecule has 0 heterocycles. The highest BCUT2D eigenvalue weighted by Gasteiger charge is 2.18. The molecule has 1 aromatic rings. The van der Waals surface area contributed by atoms with Gasteiger partial charge in [-0.15, -0.1) is 0 Å². The van der Waals surface area contributed by atoms with Gasteiger partial charge in [0, 0.05) is 5.56 Å². The quantitative estimate of drug-likeness (QED) is 0.819. The molecule has 0 amide bonds. The highest BCUT2D eigenvalue weighted by molar-refractivity contribution is 5.29. The van der Waals surface area contributed by atoms with E-state index in [1.54, 1.807) is 20.8 Å². The first-order chi connectivity index (χ1) is 6.93. The normalized spacial score (nSPS) is 15.1. The van der Waals surface area contributed by atoms with Crippen LogP contribution in [-0.4, -0.2) is 11.2 Å². The van der Waals surface area contributed by atoms with Crippen LogP contribution >= 0.6 is 0 Å². The molecule has 0 bridgehead atoms. The van der Waals surface area contributed by atoms with Gasteiger partial charge >= 0.3 is 0 Å². The lowest BCUT2D eigenvalue weighted by Crippen LogP contribution is -2.10. The Morgan fingerprint density at radius 3 is 2.40 bits per heavy atom. The Balaban J connectivity index is 3.07. The van der Waals surface area contributed by atoms with Gasteiger partial charge in [0.25, 0.3) is 0 Å². The number of aliphatic hydroxyl groups excluding tert-OH is 1. The Morgan fingerprint density at radius 1 is 1.27 bits per heavy atom. The van der Waals surface area contributed by atoms with Crippen LogP contribution in [0.2, 0.25) is 0 Å². The number of halogens is 2. The van der Waals surface area contributed by atoms with Crippen molar-refractivity contribution in [1.29, 1.82) is 0 Å².